The Bertz CT molecular complexity index is 952. The third-order valence-corrected chi connectivity index (χ3v) is 3.15. The summed E-state index contributed by atoms with van der Waals surface area (Å²) >= 11 is 0. The molecule has 130 valence electrons. The zero-order chi connectivity index (χ0) is 18.2. The van der Waals surface area contributed by atoms with Gasteiger partial charge in [0.1, 0.15) is 5.75 Å². The number of aromatic nitrogens is 4. The van der Waals surface area contributed by atoms with Crippen LogP contribution in [0.5, 0.6) is 5.75 Å². The molecule has 3 rings (SSSR count). The van der Waals surface area contributed by atoms with Crippen molar-refractivity contribution < 1.29 is 22.7 Å². The van der Waals surface area contributed by atoms with Gasteiger partial charge >= 0.3 is 6.36 Å². The van der Waals surface area contributed by atoms with Crippen molar-refractivity contribution in [2.24, 2.45) is 0 Å². The van der Waals surface area contributed by atoms with Gasteiger partial charge in [-0.25, -0.2) is 9.50 Å². The quantitative estimate of drug-likeness (QED) is 0.785. The maximum atomic E-state index is 12.2. The molecule has 3 aromatic rings. The number of nitrogens with zero attached hydrogens (tertiary/aromatic N) is 4. The number of ether oxygens (including phenoxy) is 1. The summed E-state index contributed by atoms with van der Waals surface area (Å²) in [4.78, 5) is 20.4. The fourth-order valence-electron chi connectivity index (χ4n) is 2.22. The first kappa shape index (κ1) is 16.7. The lowest BCUT2D eigenvalue weighted by molar-refractivity contribution is -0.274. The predicted octanol–water partition coefficient (Wildman–Crippen LogP) is 2.89. The van der Waals surface area contributed by atoms with E-state index in [4.69, 9.17) is 0 Å². The average Bonchev–Trinajstić information content (AvgIpc) is 2.90. The number of benzene rings is 1. The molecule has 0 aliphatic rings. The number of halogens is 3. The molecule has 0 bridgehead atoms. The Morgan fingerprint density at radius 3 is 2.68 bits per heavy atom. The molecule has 0 fully saturated rings. The Hall–Kier alpha value is -3.17. The Kier molecular flexibility index (Phi) is 4.03. The van der Waals surface area contributed by atoms with Crippen LogP contribution in [0.2, 0.25) is 0 Å². The van der Waals surface area contributed by atoms with Crippen LogP contribution >= 0.6 is 0 Å². The summed E-state index contributed by atoms with van der Waals surface area (Å²) in [7, 11) is 0. The Balaban J connectivity index is 1.83. The van der Waals surface area contributed by atoms with E-state index in [-0.39, 0.29) is 17.3 Å². The van der Waals surface area contributed by atoms with Crippen LogP contribution < -0.4 is 10.1 Å². The minimum atomic E-state index is -4.81. The molecular formula is C15H12F3N5O2. The van der Waals surface area contributed by atoms with Gasteiger partial charge in [-0.2, -0.15) is 4.98 Å². The van der Waals surface area contributed by atoms with Crippen molar-refractivity contribution >= 4 is 17.4 Å². The summed E-state index contributed by atoms with van der Waals surface area (Å²) in [6.45, 7) is 3.57. The van der Waals surface area contributed by atoms with Crippen molar-refractivity contribution in [3.63, 3.8) is 0 Å². The summed E-state index contributed by atoms with van der Waals surface area (Å²) < 4.78 is 42.0. The maximum absolute atomic E-state index is 12.2. The number of hydrogen-bond acceptors (Lipinski definition) is 5. The fraction of sp³-hybridized carbons (Fsp3) is 0.200. The van der Waals surface area contributed by atoms with E-state index in [9.17, 15) is 18.0 Å². The zero-order valence-electron chi connectivity index (χ0n) is 13.1. The van der Waals surface area contributed by atoms with Crippen LogP contribution in [0, 0.1) is 13.8 Å². The highest BCUT2D eigenvalue weighted by Crippen LogP contribution is 2.25. The van der Waals surface area contributed by atoms with E-state index in [1.54, 1.807) is 19.9 Å². The predicted molar refractivity (Wildman–Crippen MR) is 81.3 cm³/mol. The second-order valence-electron chi connectivity index (χ2n) is 5.22. The standard InChI is InChI=1S/C15H12F3N5O2/c1-8-6-9(2)23-14(19-8)21-12(22-23)13(24)20-10-4-3-5-11(7-10)25-15(16,17)18/h3-7H,1-2H3,(H,20,24). The number of rotatable bonds is 3. The van der Waals surface area contributed by atoms with E-state index in [1.165, 1.54) is 16.6 Å². The molecule has 0 aliphatic carbocycles. The molecule has 2 aromatic heterocycles. The number of amides is 1. The molecule has 1 amide bonds. The van der Waals surface area contributed by atoms with Crippen molar-refractivity contribution in [3.05, 3.63) is 47.5 Å². The molecular weight excluding hydrogens is 339 g/mol. The van der Waals surface area contributed by atoms with Crippen LogP contribution in [-0.2, 0) is 0 Å². The number of nitrogens with one attached hydrogen (secondary N) is 1. The van der Waals surface area contributed by atoms with Gasteiger partial charge in [0, 0.05) is 23.1 Å². The summed E-state index contributed by atoms with van der Waals surface area (Å²) in [6.07, 6.45) is -4.81. The molecule has 1 N–H and O–H groups in total. The second-order valence-corrected chi connectivity index (χ2v) is 5.22. The van der Waals surface area contributed by atoms with Crippen LogP contribution in [0.1, 0.15) is 22.0 Å². The minimum absolute atomic E-state index is 0.117. The van der Waals surface area contributed by atoms with Crippen molar-refractivity contribution in [2.45, 2.75) is 20.2 Å². The van der Waals surface area contributed by atoms with E-state index in [0.29, 0.717) is 0 Å². The average molecular weight is 351 g/mol. The number of fused-ring (bicyclic) bond motifs is 1. The van der Waals surface area contributed by atoms with Gasteiger partial charge in [0.15, 0.2) is 0 Å². The smallest absolute Gasteiger partial charge is 0.406 e. The Morgan fingerprint density at radius 1 is 1.20 bits per heavy atom. The van der Waals surface area contributed by atoms with Gasteiger partial charge in [0.2, 0.25) is 5.82 Å². The van der Waals surface area contributed by atoms with Crippen molar-refractivity contribution in [2.75, 3.05) is 5.32 Å². The summed E-state index contributed by atoms with van der Waals surface area (Å²) in [5, 5.41) is 6.48. The lowest BCUT2D eigenvalue weighted by atomic mass is 10.3. The largest absolute Gasteiger partial charge is 0.573 e. The number of alkyl halides is 3. The van der Waals surface area contributed by atoms with Gasteiger partial charge in [-0.3, -0.25) is 4.79 Å². The highest BCUT2D eigenvalue weighted by atomic mass is 19.4. The van der Waals surface area contributed by atoms with Crippen LogP contribution in [-0.4, -0.2) is 31.9 Å². The molecule has 25 heavy (non-hydrogen) atoms. The summed E-state index contributed by atoms with van der Waals surface area (Å²) in [5.74, 6) is -1.01. The molecule has 10 heteroatoms. The lowest BCUT2D eigenvalue weighted by Crippen LogP contribution is -2.18. The fourth-order valence-corrected chi connectivity index (χ4v) is 2.22. The molecule has 0 spiro atoms. The first-order valence-electron chi connectivity index (χ1n) is 7.09. The highest BCUT2D eigenvalue weighted by Gasteiger charge is 2.31. The first-order valence-corrected chi connectivity index (χ1v) is 7.09. The van der Waals surface area contributed by atoms with E-state index in [0.717, 1.165) is 23.5 Å². The van der Waals surface area contributed by atoms with Crippen molar-refractivity contribution in [1.82, 2.24) is 19.6 Å². The van der Waals surface area contributed by atoms with Crippen LogP contribution in [0.3, 0.4) is 0 Å². The summed E-state index contributed by atoms with van der Waals surface area (Å²) in [5.41, 5.74) is 1.59. The van der Waals surface area contributed by atoms with Gasteiger partial charge in [-0.1, -0.05) is 6.07 Å². The number of aryl methyl sites for hydroxylation is 2. The number of hydrogen-bond donors (Lipinski definition) is 1. The van der Waals surface area contributed by atoms with Crippen molar-refractivity contribution in [3.8, 4) is 5.75 Å². The van der Waals surface area contributed by atoms with Gasteiger partial charge in [-0.15, -0.1) is 18.3 Å². The Morgan fingerprint density at radius 2 is 1.96 bits per heavy atom. The maximum Gasteiger partial charge on any atom is 0.573 e. The van der Waals surface area contributed by atoms with Gasteiger partial charge in [0.25, 0.3) is 11.7 Å². The lowest BCUT2D eigenvalue weighted by Gasteiger charge is -2.10. The number of carbonyl (C=O) groups is 1. The Labute approximate surface area is 139 Å². The molecule has 0 unspecified atom stereocenters. The molecule has 0 aliphatic heterocycles. The molecule has 7 nitrogen and oxygen atoms in total. The zero-order valence-corrected chi connectivity index (χ0v) is 13.1. The highest BCUT2D eigenvalue weighted by molar-refractivity contribution is 6.01. The molecule has 0 saturated carbocycles. The SMILES string of the molecule is Cc1cc(C)n2nc(C(=O)Nc3cccc(OC(F)(F)F)c3)nc2n1. The van der Waals surface area contributed by atoms with Crippen LogP contribution in [0.15, 0.2) is 30.3 Å². The number of anilines is 1. The van der Waals surface area contributed by atoms with Gasteiger partial charge in [-0.05, 0) is 32.0 Å². The topological polar surface area (TPSA) is 81.4 Å². The normalized spacial score (nSPS) is 11.6. The summed E-state index contributed by atoms with van der Waals surface area (Å²) in [6, 6.07) is 6.70. The van der Waals surface area contributed by atoms with Gasteiger partial charge < -0.3 is 10.1 Å². The molecule has 0 saturated heterocycles. The van der Waals surface area contributed by atoms with E-state index in [2.05, 4.69) is 25.1 Å². The monoisotopic (exact) mass is 351 g/mol. The van der Waals surface area contributed by atoms with E-state index in [1.807, 2.05) is 0 Å². The molecule has 1 aromatic carbocycles. The van der Waals surface area contributed by atoms with E-state index < -0.39 is 18.0 Å². The number of carbonyl (C=O) groups excluding carboxylic acids is 1. The molecule has 2 heterocycles. The first-order chi connectivity index (χ1) is 11.7. The molecule has 0 atom stereocenters. The van der Waals surface area contributed by atoms with E-state index >= 15 is 0 Å². The van der Waals surface area contributed by atoms with Crippen LogP contribution in [0.4, 0.5) is 18.9 Å². The van der Waals surface area contributed by atoms with Crippen LogP contribution in [0.25, 0.3) is 5.78 Å². The van der Waals surface area contributed by atoms with Gasteiger partial charge in [0.05, 0.1) is 0 Å². The third kappa shape index (κ3) is 3.84. The third-order valence-electron chi connectivity index (χ3n) is 3.15. The van der Waals surface area contributed by atoms with Crippen molar-refractivity contribution in [1.29, 1.82) is 0 Å². The minimum Gasteiger partial charge on any atom is -0.406 e. The second kappa shape index (κ2) is 6.04. The molecule has 0 radical (unpaired) electrons.